The molecule has 13 heteroatoms. The van der Waals surface area contributed by atoms with Gasteiger partial charge >= 0.3 is 18.1 Å². The quantitative estimate of drug-likeness (QED) is 0.164. The molecule has 2 atom stereocenters. The number of carboxylic acids is 1. The van der Waals surface area contributed by atoms with E-state index in [-0.39, 0.29) is 42.1 Å². The van der Waals surface area contributed by atoms with Crippen LogP contribution in [0.1, 0.15) is 36.0 Å². The fourth-order valence-electron chi connectivity index (χ4n) is 5.03. The molecule has 0 aliphatic carbocycles. The summed E-state index contributed by atoms with van der Waals surface area (Å²) < 4.78 is 46.8. The van der Waals surface area contributed by atoms with Gasteiger partial charge in [-0.1, -0.05) is 54.6 Å². The van der Waals surface area contributed by atoms with Crippen LogP contribution in [0.2, 0.25) is 0 Å². The van der Waals surface area contributed by atoms with Gasteiger partial charge in [-0.3, -0.25) is 14.9 Å². The van der Waals surface area contributed by atoms with Crippen molar-refractivity contribution in [3.8, 4) is 0 Å². The van der Waals surface area contributed by atoms with Crippen LogP contribution in [0.4, 0.5) is 24.5 Å². The van der Waals surface area contributed by atoms with Gasteiger partial charge in [0.25, 0.3) is 5.69 Å². The zero-order valence-corrected chi connectivity index (χ0v) is 23.2. The van der Waals surface area contributed by atoms with E-state index in [4.69, 9.17) is 4.74 Å². The maximum atomic E-state index is 13.8. The Bertz CT molecular complexity index is 1550. The molecule has 0 bridgehead atoms. The van der Waals surface area contributed by atoms with Crippen LogP contribution >= 0.6 is 0 Å². The standard InChI is InChI=1S/C30H29F3N4O6/c1-19-25(27(38)43-18-20-8-4-3-5-9-20)26(21-10-6-11-22(16-21)30(31,32)33)29(28(39)40,35-34-19)14-15-36(2)23-12-7-13-24(17-23)37(41)42/h3-13,16-17,26,34-35H,14-15,18H2,1-2H3,(H,39,40). The van der Waals surface area contributed by atoms with E-state index in [1.54, 1.807) is 48.3 Å². The molecule has 1 aliphatic heterocycles. The van der Waals surface area contributed by atoms with Crippen LogP contribution in [0, 0.1) is 10.1 Å². The van der Waals surface area contributed by atoms with Crippen molar-refractivity contribution in [3.05, 3.63) is 117 Å². The third kappa shape index (κ3) is 6.78. The molecule has 0 radical (unpaired) electrons. The van der Waals surface area contributed by atoms with Gasteiger partial charge in [0.2, 0.25) is 0 Å². The number of ether oxygens (including phenoxy) is 1. The molecule has 10 nitrogen and oxygen atoms in total. The van der Waals surface area contributed by atoms with Crippen LogP contribution in [0.5, 0.6) is 0 Å². The Morgan fingerprint density at radius 3 is 2.42 bits per heavy atom. The second-order valence-electron chi connectivity index (χ2n) is 10.1. The Morgan fingerprint density at radius 2 is 1.77 bits per heavy atom. The molecule has 226 valence electrons. The molecular formula is C30H29F3N4O6. The summed E-state index contributed by atoms with van der Waals surface area (Å²) in [6.07, 6.45) is -4.96. The molecule has 0 aromatic heterocycles. The molecule has 0 spiro atoms. The Labute approximate surface area is 244 Å². The number of allylic oxidation sites excluding steroid dienone is 1. The number of carbonyl (C=O) groups excluding carboxylic acids is 1. The van der Waals surface area contributed by atoms with Gasteiger partial charge in [-0.2, -0.15) is 13.2 Å². The summed E-state index contributed by atoms with van der Waals surface area (Å²) in [6, 6.07) is 18.6. The summed E-state index contributed by atoms with van der Waals surface area (Å²) in [6.45, 7) is 1.34. The number of alkyl halides is 3. The molecule has 0 saturated carbocycles. The molecule has 2 unspecified atom stereocenters. The highest BCUT2D eigenvalue weighted by atomic mass is 19.4. The molecule has 0 amide bonds. The number of nitro groups is 1. The molecular weight excluding hydrogens is 569 g/mol. The maximum Gasteiger partial charge on any atom is 0.416 e. The SMILES string of the molecule is CC1=C(C(=O)OCc2ccccc2)C(c2cccc(C(F)(F)F)c2)C(CCN(C)c2cccc([N+](=O)[O-])c2)(C(=O)O)NN1. The molecule has 3 aromatic rings. The largest absolute Gasteiger partial charge is 0.480 e. The number of benzene rings is 3. The predicted molar refractivity (Wildman–Crippen MR) is 151 cm³/mol. The number of esters is 1. The van der Waals surface area contributed by atoms with Gasteiger partial charge in [-0.05, 0) is 36.6 Å². The van der Waals surface area contributed by atoms with E-state index >= 15 is 0 Å². The first kappa shape index (κ1) is 31.0. The molecule has 4 rings (SSSR count). The Morgan fingerprint density at radius 1 is 1.07 bits per heavy atom. The topological polar surface area (TPSA) is 134 Å². The molecule has 43 heavy (non-hydrogen) atoms. The second kappa shape index (κ2) is 12.5. The van der Waals surface area contributed by atoms with Crippen molar-refractivity contribution in [2.24, 2.45) is 0 Å². The highest BCUT2D eigenvalue weighted by Gasteiger charge is 2.53. The van der Waals surface area contributed by atoms with E-state index in [1.165, 1.54) is 31.2 Å². The lowest BCUT2D eigenvalue weighted by molar-refractivity contribution is -0.384. The van der Waals surface area contributed by atoms with Crippen molar-refractivity contribution >= 4 is 23.3 Å². The number of aliphatic carboxylic acids is 1. The van der Waals surface area contributed by atoms with E-state index in [2.05, 4.69) is 10.9 Å². The summed E-state index contributed by atoms with van der Waals surface area (Å²) >= 11 is 0. The van der Waals surface area contributed by atoms with Crippen molar-refractivity contribution in [3.63, 3.8) is 0 Å². The monoisotopic (exact) mass is 598 g/mol. The number of hydrogen-bond acceptors (Lipinski definition) is 8. The minimum absolute atomic E-state index is 0.0109. The third-order valence-electron chi connectivity index (χ3n) is 7.34. The van der Waals surface area contributed by atoms with Crippen LogP contribution < -0.4 is 15.8 Å². The number of rotatable bonds is 10. The second-order valence-corrected chi connectivity index (χ2v) is 10.1. The number of carboxylic acid groups (broad SMARTS) is 1. The number of hydrazine groups is 1. The number of anilines is 1. The number of hydrogen-bond donors (Lipinski definition) is 3. The van der Waals surface area contributed by atoms with Crippen LogP contribution in [0.3, 0.4) is 0 Å². The fraction of sp³-hybridized carbons (Fsp3) is 0.267. The number of carbonyl (C=O) groups is 2. The molecule has 0 saturated heterocycles. The minimum atomic E-state index is -4.72. The molecule has 1 aliphatic rings. The van der Waals surface area contributed by atoms with Crippen LogP contribution in [-0.4, -0.2) is 41.1 Å². The summed E-state index contributed by atoms with van der Waals surface area (Å²) in [5.74, 6) is -3.75. The lowest BCUT2D eigenvalue weighted by Gasteiger charge is -2.44. The Balaban J connectivity index is 1.76. The van der Waals surface area contributed by atoms with Gasteiger partial charge in [-0.25, -0.2) is 10.2 Å². The van der Waals surface area contributed by atoms with Gasteiger partial charge in [0.1, 0.15) is 12.1 Å². The summed E-state index contributed by atoms with van der Waals surface area (Å²) in [5.41, 5.74) is 3.33. The summed E-state index contributed by atoms with van der Waals surface area (Å²) in [5, 5.41) is 21.9. The third-order valence-corrected chi connectivity index (χ3v) is 7.34. The fourth-order valence-corrected chi connectivity index (χ4v) is 5.03. The molecule has 3 aromatic carbocycles. The van der Waals surface area contributed by atoms with E-state index in [1.807, 2.05) is 0 Å². The number of nitro benzene ring substituents is 1. The van der Waals surface area contributed by atoms with Gasteiger partial charge in [0.15, 0.2) is 0 Å². The van der Waals surface area contributed by atoms with Crippen LogP contribution in [0.25, 0.3) is 0 Å². The van der Waals surface area contributed by atoms with E-state index in [0.29, 0.717) is 11.3 Å². The number of nitrogens with one attached hydrogen (secondary N) is 2. The first-order valence-electron chi connectivity index (χ1n) is 13.1. The van der Waals surface area contributed by atoms with Crippen LogP contribution in [0.15, 0.2) is 90.1 Å². The normalized spacial score (nSPS) is 18.5. The van der Waals surface area contributed by atoms with E-state index in [0.717, 1.165) is 18.2 Å². The van der Waals surface area contributed by atoms with Crippen molar-refractivity contribution in [1.29, 1.82) is 0 Å². The maximum absolute atomic E-state index is 13.8. The Hall–Kier alpha value is -4.91. The van der Waals surface area contributed by atoms with Gasteiger partial charge in [0.05, 0.1) is 16.1 Å². The minimum Gasteiger partial charge on any atom is -0.480 e. The van der Waals surface area contributed by atoms with Crippen molar-refractivity contribution in [2.75, 3.05) is 18.5 Å². The number of nitrogens with zero attached hydrogens (tertiary/aromatic N) is 2. The number of non-ortho nitro benzene ring substituents is 1. The smallest absolute Gasteiger partial charge is 0.416 e. The van der Waals surface area contributed by atoms with Gasteiger partial charge < -0.3 is 20.2 Å². The number of halogens is 3. The van der Waals surface area contributed by atoms with Crippen molar-refractivity contribution in [2.45, 2.75) is 37.6 Å². The first-order valence-corrected chi connectivity index (χ1v) is 13.1. The van der Waals surface area contributed by atoms with Crippen LogP contribution in [-0.2, 0) is 27.1 Å². The first-order chi connectivity index (χ1) is 20.3. The highest BCUT2D eigenvalue weighted by Crippen LogP contribution is 2.43. The van der Waals surface area contributed by atoms with Crippen molar-refractivity contribution < 1.29 is 37.5 Å². The lowest BCUT2D eigenvalue weighted by atomic mass is 9.71. The zero-order chi connectivity index (χ0) is 31.4. The summed E-state index contributed by atoms with van der Waals surface area (Å²) in [7, 11) is 1.60. The lowest BCUT2D eigenvalue weighted by Crippen LogP contribution is -2.65. The average Bonchev–Trinajstić information content (AvgIpc) is 2.99. The highest BCUT2D eigenvalue weighted by molar-refractivity contribution is 5.95. The Kier molecular flexibility index (Phi) is 9.04. The summed E-state index contributed by atoms with van der Waals surface area (Å²) in [4.78, 5) is 38.9. The van der Waals surface area contributed by atoms with Crippen molar-refractivity contribution in [1.82, 2.24) is 10.9 Å². The molecule has 0 fully saturated rings. The van der Waals surface area contributed by atoms with E-state index < -0.39 is 40.1 Å². The molecule has 3 N–H and O–H groups in total. The molecule has 1 heterocycles. The van der Waals surface area contributed by atoms with Gasteiger partial charge in [0, 0.05) is 43.0 Å². The average molecular weight is 599 g/mol. The van der Waals surface area contributed by atoms with Gasteiger partial charge in [-0.15, -0.1) is 0 Å². The predicted octanol–water partition coefficient (Wildman–Crippen LogP) is 5.17. The zero-order valence-electron chi connectivity index (χ0n) is 23.2. The van der Waals surface area contributed by atoms with E-state index in [9.17, 15) is 38.0 Å².